The van der Waals surface area contributed by atoms with Gasteiger partial charge in [-0.25, -0.2) is 4.98 Å². The number of carbonyl (C=O) groups is 2. The Morgan fingerprint density at radius 2 is 1.79 bits per heavy atom. The van der Waals surface area contributed by atoms with Crippen molar-refractivity contribution in [2.24, 2.45) is 5.41 Å². The lowest BCUT2D eigenvalue weighted by molar-refractivity contribution is -0.113. The van der Waals surface area contributed by atoms with Crippen LogP contribution in [0.2, 0.25) is 10.0 Å². The van der Waals surface area contributed by atoms with E-state index in [-0.39, 0.29) is 29.5 Å². The van der Waals surface area contributed by atoms with E-state index in [1.54, 1.807) is 32.2 Å². The topological polar surface area (TPSA) is 65.5 Å². The van der Waals surface area contributed by atoms with Gasteiger partial charge in [0.2, 0.25) is 0 Å². The van der Waals surface area contributed by atoms with Gasteiger partial charge in [0.05, 0.1) is 35.4 Å². The highest BCUT2D eigenvalue weighted by molar-refractivity contribution is 7.10. The molecule has 8 heteroatoms. The Morgan fingerprint density at radius 3 is 2.36 bits per heavy atom. The van der Waals surface area contributed by atoms with Crippen molar-refractivity contribution >= 4 is 52.2 Å². The SMILES string of the molecule is CCCOC(c1cccc(-c2csc(CC(=O)c3cc(Cl)c(/C=C(\C)C(C)=O)c(Cl)c3)n2)c1OC)C(C)(C)C. The molecule has 0 fully saturated rings. The Kier molecular flexibility index (Phi) is 10.5. The van der Waals surface area contributed by atoms with Crippen LogP contribution in [0.1, 0.15) is 80.6 Å². The highest BCUT2D eigenvalue weighted by Crippen LogP contribution is 2.44. The third-order valence-electron chi connectivity index (χ3n) is 6.26. The smallest absolute Gasteiger partial charge is 0.169 e. The molecule has 1 aromatic heterocycles. The highest BCUT2D eigenvalue weighted by Gasteiger charge is 2.31. The van der Waals surface area contributed by atoms with Crippen LogP contribution in [0.3, 0.4) is 0 Å². The molecular formula is C31H35Cl2NO4S. The van der Waals surface area contributed by atoms with Gasteiger partial charge in [-0.05, 0) is 55.5 Å². The predicted molar refractivity (Wildman–Crippen MR) is 161 cm³/mol. The van der Waals surface area contributed by atoms with E-state index >= 15 is 0 Å². The Labute approximate surface area is 245 Å². The standard InChI is InChI=1S/C31H35Cl2NO4S/c1-8-12-38-30(31(4,5)6)22-11-9-10-21(29(22)37-7)26-17-39-28(34-26)16-27(36)20-14-24(32)23(25(33)15-20)13-18(2)19(3)35/h9-11,13-15,17,30H,8,12,16H2,1-7H3/b18-13+. The van der Waals surface area contributed by atoms with E-state index in [9.17, 15) is 9.59 Å². The van der Waals surface area contributed by atoms with Crippen molar-refractivity contribution in [1.82, 2.24) is 4.98 Å². The Bertz CT molecular complexity index is 1360. The molecule has 0 aliphatic heterocycles. The van der Waals surface area contributed by atoms with Gasteiger partial charge >= 0.3 is 0 Å². The van der Waals surface area contributed by atoms with Crippen molar-refractivity contribution in [3.05, 3.63) is 73.0 Å². The van der Waals surface area contributed by atoms with E-state index < -0.39 is 0 Å². The molecule has 0 amide bonds. The minimum atomic E-state index is -0.154. The normalized spacial score (nSPS) is 12.9. The van der Waals surface area contributed by atoms with E-state index in [1.165, 1.54) is 18.3 Å². The molecular weight excluding hydrogens is 553 g/mol. The summed E-state index contributed by atoms with van der Waals surface area (Å²) in [5.41, 5.74) is 3.85. The Hall–Kier alpha value is -2.51. The molecule has 3 aromatic rings. The van der Waals surface area contributed by atoms with Crippen molar-refractivity contribution in [1.29, 1.82) is 0 Å². The van der Waals surface area contributed by atoms with Crippen LogP contribution in [0, 0.1) is 5.41 Å². The fourth-order valence-electron chi connectivity index (χ4n) is 4.19. The van der Waals surface area contributed by atoms with Crippen molar-refractivity contribution in [2.75, 3.05) is 13.7 Å². The number of nitrogens with zero attached hydrogens (tertiary/aromatic N) is 1. The van der Waals surface area contributed by atoms with Crippen LogP contribution in [-0.4, -0.2) is 30.3 Å². The van der Waals surface area contributed by atoms with Gasteiger partial charge in [-0.1, -0.05) is 63.0 Å². The fraction of sp³-hybridized carbons (Fsp3) is 0.387. The zero-order valence-electron chi connectivity index (χ0n) is 23.5. The average molecular weight is 589 g/mol. The van der Waals surface area contributed by atoms with Crippen LogP contribution >= 0.6 is 34.5 Å². The predicted octanol–water partition coefficient (Wildman–Crippen LogP) is 9.06. The molecule has 39 heavy (non-hydrogen) atoms. The Morgan fingerprint density at radius 1 is 1.13 bits per heavy atom. The largest absolute Gasteiger partial charge is 0.496 e. The van der Waals surface area contributed by atoms with Crippen molar-refractivity contribution in [2.45, 2.75) is 60.5 Å². The first-order valence-corrected chi connectivity index (χ1v) is 14.5. The number of hydrogen-bond donors (Lipinski definition) is 0. The summed E-state index contributed by atoms with van der Waals surface area (Å²) in [6.07, 6.45) is 2.50. The quantitative estimate of drug-likeness (QED) is 0.165. The Balaban J connectivity index is 1.89. The molecule has 2 aromatic carbocycles. The summed E-state index contributed by atoms with van der Waals surface area (Å²) in [6.45, 7) is 12.4. The van der Waals surface area contributed by atoms with E-state index in [0.717, 1.165) is 29.0 Å². The van der Waals surface area contributed by atoms with Gasteiger partial charge in [0.15, 0.2) is 11.6 Å². The number of ether oxygens (including phenoxy) is 2. The number of aromatic nitrogens is 1. The van der Waals surface area contributed by atoms with E-state index in [1.807, 2.05) is 23.6 Å². The van der Waals surface area contributed by atoms with Gasteiger partial charge in [-0.3, -0.25) is 9.59 Å². The minimum absolute atomic E-state index is 0.0774. The molecule has 0 N–H and O–H groups in total. The molecule has 0 radical (unpaired) electrons. The molecule has 208 valence electrons. The average Bonchev–Trinajstić information content (AvgIpc) is 3.33. The molecule has 0 bridgehead atoms. The second kappa shape index (κ2) is 13.2. The number of thiazole rings is 1. The summed E-state index contributed by atoms with van der Waals surface area (Å²) in [4.78, 5) is 29.5. The van der Waals surface area contributed by atoms with Gasteiger partial charge in [-0.2, -0.15) is 0 Å². The van der Waals surface area contributed by atoms with Gasteiger partial charge in [0, 0.05) is 34.2 Å². The van der Waals surface area contributed by atoms with Gasteiger partial charge in [-0.15, -0.1) is 11.3 Å². The molecule has 3 rings (SSSR count). The maximum atomic E-state index is 13.1. The van der Waals surface area contributed by atoms with Crippen LogP contribution in [0.15, 0.2) is 41.3 Å². The minimum Gasteiger partial charge on any atom is -0.496 e. The van der Waals surface area contributed by atoms with Crippen molar-refractivity contribution < 1.29 is 19.1 Å². The molecule has 1 heterocycles. The molecule has 0 spiro atoms. The van der Waals surface area contributed by atoms with Crippen molar-refractivity contribution in [3.63, 3.8) is 0 Å². The van der Waals surface area contributed by atoms with Gasteiger partial charge in [0.25, 0.3) is 0 Å². The second-order valence-electron chi connectivity index (χ2n) is 10.5. The first kappa shape index (κ1) is 31.0. The monoisotopic (exact) mass is 587 g/mol. The summed E-state index contributed by atoms with van der Waals surface area (Å²) in [5.74, 6) is 0.492. The van der Waals surface area contributed by atoms with Crippen LogP contribution in [-0.2, 0) is 16.0 Å². The molecule has 0 saturated heterocycles. The zero-order valence-corrected chi connectivity index (χ0v) is 25.8. The number of carbonyl (C=O) groups excluding carboxylic acids is 2. The fourth-order valence-corrected chi connectivity index (χ4v) is 5.58. The molecule has 1 atom stereocenters. The number of benzene rings is 2. The maximum Gasteiger partial charge on any atom is 0.169 e. The van der Waals surface area contributed by atoms with E-state index in [0.29, 0.717) is 38.4 Å². The maximum absolute atomic E-state index is 13.1. The summed E-state index contributed by atoms with van der Waals surface area (Å²) >= 11 is 14.3. The van der Waals surface area contributed by atoms with E-state index in [4.69, 9.17) is 37.7 Å². The van der Waals surface area contributed by atoms with Gasteiger partial charge in [0.1, 0.15) is 10.8 Å². The number of hydrogen-bond acceptors (Lipinski definition) is 6. The second-order valence-corrected chi connectivity index (χ2v) is 12.3. The van der Waals surface area contributed by atoms with Crippen LogP contribution < -0.4 is 4.74 Å². The number of rotatable bonds is 11. The molecule has 0 aliphatic rings. The highest BCUT2D eigenvalue weighted by atomic mass is 35.5. The lowest BCUT2D eigenvalue weighted by atomic mass is 9.83. The van der Waals surface area contributed by atoms with E-state index in [2.05, 4.69) is 27.7 Å². The summed E-state index contributed by atoms with van der Waals surface area (Å²) < 4.78 is 12.1. The summed E-state index contributed by atoms with van der Waals surface area (Å²) in [7, 11) is 1.66. The number of methoxy groups -OCH3 is 1. The molecule has 1 unspecified atom stereocenters. The first-order valence-electron chi connectivity index (χ1n) is 12.8. The first-order chi connectivity index (χ1) is 18.4. The summed E-state index contributed by atoms with van der Waals surface area (Å²) in [5, 5.41) is 3.22. The zero-order chi connectivity index (χ0) is 28.9. The van der Waals surface area contributed by atoms with Gasteiger partial charge < -0.3 is 9.47 Å². The number of ketones is 2. The van der Waals surface area contributed by atoms with Crippen molar-refractivity contribution in [3.8, 4) is 17.0 Å². The number of Topliss-reactive ketones (excluding diaryl/α,β-unsaturated/α-hetero) is 2. The molecule has 5 nitrogen and oxygen atoms in total. The van der Waals surface area contributed by atoms with Crippen LogP contribution in [0.5, 0.6) is 5.75 Å². The number of halogens is 2. The summed E-state index contributed by atoms with van der Waals surface area (Å²) in [6, 6.07) is 9.16. The molecule has 0 saturated carbocycles. The van der Waals surface area contributed by atoms with Crippen LogP contribution in [0.4, 0.5) is 0 Å². The third kappa shape index (κ3) is 7.57. The lowest BCUT2D eigenvalue weighted by Gasteiger charge is -2.32. The molecule has 0 aliphatic carbocycles. The third-order valence-corrected chi connectivity index (χ3v) is 7.74. The van der Waals surface area contributed by atoms with Crippen LogP contribution in [0.25, 0.3) is 17.3 Å². The number of allylic oxidation sites excluding steroid dienone is 1. The number of para-hydroxylation sites is 1. The lowest BCUT2D eigenvalue weighted by Crippen LogP contribution is -2.22.